The molecule has 1 aromatic carbocycles. The van der Waals surface area contributed by atoms with E-state index < -0.39 is 0 Å². The SMILES string of the molecule is CC.CN1CCC2CCC(=O)CC21.COc1cc(C)cc(C)c1OC. The molecule has 142 valence electrons. The Morgan fingerprint density at radius 3 is 2.36 bits per heavy atom. The summed E-state index contributed by atoms with van der Waals surface area (Å²) < 4.78 is 10.4. The standard InChI is InChI=1S/C10H14O2.C9H15NO.C2H6/c1-7-5-8(2)10(12-4)9(6-7)11-3;1-10-5-4-7-2-3-8(11)6-9(7)10;1-2/h5-6H,1-4H3;7,9H,2-6H2,1H3;1-2H3. The van der Waals surface area contributed by atoms with Gasteiger partial charge in [0.15, 0.2) is 11.5 Å². The van der Waals surface area contributed by atoms with E-state index in [0.717, 1.165) is 42.2 Å². The summed E-state index contributed by atoms with van der Waals surface area (Å²) in [6.45, 7) is 9.24. The van der Waals surface area contributed by atoms with Gasteiger partial charge in [-0.15, -0.1) is 0 Å². The predicted octanol–water partition coefficient (Wildman–Crippen LogP) is 4.41. The van der Waals surface area contributed by atoms with Crippen LogP contribution in [0.1, 0.15) is 50.7 Å². The van der Waals surface area contributed by atoms with Gasteiger partial charge in [-0.2, -0.15) is 0 Å². The van der Waals surface area contributed by atoms with Crippen LogP contribution in [0, 0.1) is 19.8 Å². The molecule has 0 amide bonds. The number of aryl methyl sites for hydroxylation is 2. The Hall–Kier alpha value is -1.55. The van der Waals surface area contributed by atoms with Gasteiger partial charge < -0.3 is 14.4 Å². The van der Waals surface area contributed by atoms with Gasteiger partial charge in [0.05, 0.1) is 14.2 Å². The molecule has 1 aliphatic carbocycles. The number of methoxy groups -OCH3 is 2. The Morgan fingerprint density at radius 2 is 1.76 bits per heavy atom. The quantitative estimate of drug-likeness (QED) is 0.793. The highest BCUT2D eigenvalue weighted by Crippen LogP contribution is 2.33. The number of nitrogens with zero attached hydrogens (tertiary/aromatic N) is 1. The lowest BCUT2D eigenvalue weighted by Crippen LogP contribution is -2.35. The van der Waals surface area contributed by atoms with Gasteiger partial charge in [0, 0.05) is 18.9 Å². The molecule has 4 heteroatoms. The molecule has 25 heavy (non-hydrogen) atoms. The number of carbonyl (C=O) groups is 1. The van der Waals surface area contributed by atoms with Crippen LogP contribution >= 0.6 is 0 Å². The minimum Gasteiger partial charge on any atom is -0.493 e. The maximum Gasteiger partial charge on any atom is 0.163 e. The summed E-state index contributed by atoms with van der Waals surface area (Å²) in [5, 5.41) is 0. The van der Waals surface area contributed by atoms with E-state index in [4.69, 9.17) is 9.47 Å². The first kappa shape index (κ1) is 21.5. The van der Waals surface area contributed by atoms with Crippen molar-refractivity contribution in [2.45, 2.75) is 59.4 Å². The van der Waals surface area contributed by atoms with Crippen LogP contribution in [0.15, 0.2) is 12.1 Å². The average Bonchev–Trinajstić information content (AvgIpc) is 2.97. The van der Waals surface area contributed by atoms with Gasteiger partial charge >= 0.3 is 0 Å². The van der Waals surface area contributed by atoms with Crippen molar-refractivity contribution in [3.63, 3.8) is 0 Å². The molecular formula is C21H35NO3. The number of rotatable bonds is 2. The van der Waals surface area contributed by atoms with E-state index in [9.17, 15) is 4.79 Å². The molecule has 0 bridgehead atoms. The summed E-state index contributed by atoms with van der Waals surface area (Å²) in [6, 6.07) is 4.63. The van der Waals surface area contributed by atoms with Crippen LogP contribution in [0.4, 0.5) is 0 Å². The number of ether oxygens (including phenoxy) is 2. The number of ketones is 1. The van der Waals surface area contributed by atoms with Gasteiger partial charge in [0.1, 0.15) is 5.78 Å². The Balaban J connectivity index is 0.000000228. The fourth-order valence-electron chi connectivity index (χ4n) is 3.76. The second kappa shape index (κ2) is 10.4. The van der Waals surface area contributed by atoms with Gasteiger partial charge in [-0.1, -0.05) is 19.9 Å². The zero-order valence-electron chi connectivity index (χ0n) is 17.0. The molecule has 2 aliphatic rings. The van der Waals surface area contributed by atoms with Crippen molar-refractivity contribution in [3.8, 4) is 11.5 Å². The molecule has 0 spiro atoms. The maximum atomic E-state index is 11.1. The number of Topliss-reactive ketones (excluding diaryl/α,β-unsaturated/α-hetero) is 1. The largest absolute Gasteiger partial charge is 0.493 e. The molecule has 2 atom stereocenters. The lowest BCUT2D eigenvalue weighted by Gasteiger charge is -2.28. The summed E-state index contributed by atoms with van der Waals surface area (Å²) in [6.07, 6.45) is 4.12. The van der Waals surface area contributed by atoms with E-state index in [0.29, 0.717) is 11.8 Å². The molecule has 4 nitrogen and oxygen atoms in total. The Bertz CT molecular complexity index is 556. The van der Waals surface area contributed by atoms with Gasteiger partial charge in [-0.05, 0) is 63.4 Å². The second-order valence-electron chi connectivity index (χ2n) is 6.70. The third-order valence-electron chi connectivity index (χ3n) is 5.00. The number of likely N-dealkylation sites (tertiary alicyclic amines) is 1. The van der Waals surface area contributed by atoms with Crippen molar-refractivity contribution in [1.29, 1.82) is 0 Å². The van der Waals surface area contributed by atoms with Crippen molar-refractivity contribution in [2.24, 2.45) is 5.92 Å². The maximum absolute atomic E-state index is 11.1. The summed E-state index contributed by atoms with van der Waals surface area (Å²) in [7, 11) is 5.44. The lowest BCUT2D eigenvalue weighted by molar-refractivity contribution is -0.122. The number of carbonyl (C=O) groups excluding carboxylic acids is 1. The van der Waals surface area contributed by atoms with Gasteiger partial charge in [-0.3, -0.25) is 4.79 Å². The molecule has 1 saturated heterocycles. The zero-order valence-corrected chi connectivity index (χ0v) is 17.0. The number of hydrogen-bond acceptors (Lipinski definition) is 4. The molecule has 0 aromatic heterocycles. The van der Waals surface area contributed by atoms with Crippen molar-refractivity contribution < 1.29 is 14.3 Å². The van der Waals surface area contributed by atoms with E-state index in [-0.39, 0.29) is 0 Å². The zero-order chi connectivity index (χ0) is 19.0. The van der Waals surface area contributed by atoms with Crippen LogP contribution in [0.3, 0.4) is 0 Å². The topological polar surface area (TPSA) is 38.8 Å². The molecule has 1 aromatic rings. The molecule has 1 heterocycles. The average molecular weight is 350 g/mol. The first-order valence-electron chi connectivity index (χ1n) is 9.37. The Kier molecular flexibility index (Phi) is 8.98. The Labute approximate surface area is 153 Å². The van der Waals surface area contributed by atoms with Crippen molar-refractivity contribution in [1.82, 2.24) is 4.90 Å². The normalized spacial score (nSPS) is 22.1. The molecule has 2 fully saturated rings. The van der Waals surface area contributed by atoms with E-state index in [1.54, 1.807) is 14.2 Å². The number of hydrogen-bond donors (Lipinski definition) is 0. The summed E-state index contributed by atoms with van der Waals surface area (Å²) in [4.78, 5) is 13.5. The second-order valence-corrected chi connectivity index (χ2v) is 6.70. The monoisotopic (exact) mass is 349 g/mol. The fourth-order valence-corrected chi connectivity index (χ4v) is 3.76. The van der Waals surface area contributed by atoms with Crippen LogP contribution in [0.2, 0.25) is 0 Å². The van der Waals surface area contributed by atoms with Crippen molar-refractivity contribution >= 4 is 5.78 Å². The minimum atomic E-state index is 0.472. The summed E-state index contributed by atoms with van der Waals surface area (Å²) in [5.74, 6) is 2.93. The van der Waals surface area contributed by atoms with Crippen molar-refractivity contribution in [2.75, 3.05) is 27.8 Å². The lowest BCUT2D eigenvalue weighted by atomic mass is 9.84. The Morgan fingerprint density at radius 1 is 1.08 bits per heavy atom. The first-order valence-corrected chi connectivity index (χ1v) is 9.37. The van der Waals surface area contributed by atoms with Crippen LogP contribution in [-0.2, 0) is 4.79 Å². The van der Waals surface area contributed by atoms with E-state index >= 15 is 0 Å². The molecule has 1 saturated carbocycles. The highest BCUT2D eigenvalue weighted by atomic mass is 16.5. The minimum absolute atomic E-state index is 0.472. The number of fused-ring (bicyclic) bond motifs is 1. The van der Waals surface area contributed by atoms with Gasteiger partial charge in [-0.25, -0.2) is 0 Å². The highest BCUT2D eigenvalue weighted by Gasteiger charge is 2.36. The van der Waals surface area contributed by atoms with Crippen LogP contribution < -0.4 is 9.47 Å². The van der Waals surface area contributed by atoms with Crippen LogP contribution in [-0.4, -0.2) is 44.5 Å². The molecular weight excluding hydrogens is 314 g/mol. The summed E-state index contributed by atoms with van der Waals surface area (Å²) in [5.41, 5.74) is 2.29. The van der Waals surface area contributed by atoms with E-state index in [1.165, 1.54) is 18.5 Å². The van der Waals surface area contributed by atoms with Crippen LogP contribution in [0.25, 0.3) is 0 Å². The molecule has 2 unspecified atom stereocenters. The first-order chi connectivity index (χ1) is 12.0. The van der Waals surface area contributed by atoms with Gasteiger partial charge in [0.25, 0.3) is 0 Å². The fraction of sp³-hybridized carbons (Fsp3) is 0.667. The van der Waals surface area contributed by atoms with Gasteiger partial charge in [0.2, 0.25) is 0 Å². The molecule has 3 rings (SSSR count). The van der Waals surface area contributed by atoms with E-state index in [2.05, 4.69) is 18.0 Å². The predicted molar refractivity (Wildman–Crippen MR) is 104 cm³/mol. The van der Waals surface area contributed by atoms with E-state index in [1.807, 2.05) is 33.8 Å². The third-order valence-corrected chi connectivity index (χ3v) is 5.00. The molecule has 1 aliphatic heterocycles. The molecule has 0 N–H and O–H groups in total. The highest BCUT2D eigenvalue weighted by molar-refractivity contribution is 5.80. The molecule has 0 radical (unpaired) electrons. The smallest absolute Gasteiger partial charge is 0.163 e. The van der Waals surface area contributed by atoms with Crippen molar-refractivity contribution in [3.05, 3.63) is 23.3 Å². The number of benzene rings is 1. The summed E-state index contributed by atoms with van der Waals surface area (Å²) >= 11 is 0. The van der Waals surface area contributed by atoms with Crippen LogP contribution in [0.5, 0.6) is 11.5 Å². The third kappa shape index (κ3) is 5.74.